The number of nitrogens with two attached hydrogens (primary N) is 1. The normalized spacial score (nSPS) is 10.5. The number of halogens is 1. The summed E-state index contributed by atoms with van der Waals surface area (Å²) in [6, 6.07) is 3.98. The third-order valence-electron chi connectivity index (χ3n) is 1.76. The first-order valence-corrected chi connectivity index (χ1v) is 3.62. The summed E-state index contributed by atoms with van der Waals surface area (Å²) < 4.78 is 12.7. The van der Waals surface area contributed by atoms with E-state index < -0.39 is 5.91 Å². The fourth-order valence-corrected chi connectivity index (χ4v) is 1.18. The van der Waals surface area contributed by atoms with Gasteiger partial charge in [0.2, 0.25) is 0 Å². The summed E-state index contributed by atoms with van der Waals surface area (Å²) in [5.41, 5.74) is 5.65. The minimum atomic E-state index is -0.627. The number of rotatable bonds is 1. The Labute approximate surface area is 72.5 Å². The van der Waals surface area contributed by atoms with Crippen molar-refractivity contribution in [1.82, 2.24) is 10.2 Å². The van der Waals surface area contributed by atoms with E-state index in [2.05, 4.69) is 10.2 Å². The molecule has 1 aromatic carbocycles. The van der Waals surface area contributed by atoms with Crippen LogP contribution in [0, 0.1) is 5.82 Å². The molecule has 13 heavy (non-hydrogen) atoms. The Morgan fingerprint density at radius 3 is 3.00 bits per heavy atom. The van der Waals surface area contributed by atoms with E-state index in [0.717, 1.165) is 0 Å². The van der Waals surface area contributed by atoms with E-state index in [1.807, 2.05) is 0 Å². The molecule has 66 valence electrons. The van der Waals surface area contributed by atoms with E-state index in [1.165, 1.54) is 18.2 Å². The Hall–Kier alpha value is -1.91. The molecule has 1 heterocycles. The minimum absolute atomic E-state index is 0.134. The number of fused-ring (bicyclic) bond motifs is 1. The predicted octanol–water partition coefficient (Wildman–Crippen LogP) is 0.801. The molecule has 0 aliphatic heterocycles. The first-order valence-electron chi connectivity index (χ1n) is 3.62. The molecular formula is C8H6FN3O. The lowest BCUT2D eigenvalue weighted by Gasteiger charge is -1.90. The molecule has 2 aromatic rings. The van der Waals surface area contributed by atoms with E-state index in [9.17, 15) is 9.18 Å². The van der Waals surface area contributed by atoms with Crippen LogP contribution in [0.15, 0.2) is 18.2 Å². The van der Waals surface area contributed by atoms with Crippen LogP contribution in [0.2, 0.25) is 0 Å². The van der Waals surface area contributed by atoms with E-state index >= 15 is 0 Å². The number of H-pyrrole nitrogens is 1. The number of nitrogens with one attached hydrogen (secondary N) is 1. The van der Waals surface area contributed by atoms with Crippen LogP contribution < -0.4 is 5.73 Å². The highest BCUT2D eigenvalue weighted by Gasteiger charge is 2.10. The Kier molecular flexibility index (Phi) is 1.51. The highest BCUT2D eigenvalue weighted by Crippen LogP contribution is 2.15. The van der Waals surface area contributed by atoms with E-state index in [4.69, 9.17) is 5.73 Å². The fraction of sp³-hybridized carbons (Fsp3) is 0. The molecule has 0 spiro atoms. The van der Waals surface area contributed by atoms with Gasteiger partial charge in [0.15, 0.2) is 5.69 Å². The van der Waals surface area contributed by atoms with Crippen LogP contribution >= 0.6 is 0 Å². The monoisotopic (exact) mass is 179 g/mol. The van der Waals surface area contributed by atoms with Gasteiger partial charge in [-0.25, -0.2) is 4.39 Å². The number of primary amides is 1. The average Bonchev–Trinajstić information content (AvgIpc) is 2.46. The van der Waals surface area contributed by atoms with Crippen molar-refractivity contribution in [3.05, 3.63) is 29.7 Å². The Morgan fingerprint density at radius 2 is 2.31 bits per heavy atom. The molecule has 0 aliphatic carbocycles. The van der Waals surface area contributed by atoms with E-state index in [1.54, 1.807) is 0 Å². The first kappa shape index (κ1) is 7.72. The molecule has 2 rings (SSSR count). The molecular weight excluding hydrogens is 173 g/mol. The van der Waals surface area contributed by atoms with Crippen molar-refractivity contribution >= 4 is 16.8 Å². The minimum Gasteiger partial charge on any atom is -0.364 e. The third kappa shape index (κ3) is 1.14. The zero-order valence-corrected chi connectivity index (χ0v) is 6.54. The van der Waals surface area contributed by atoms with Gasteiger partial charge >= 0.3 is 0 Å². The number of benzene rings is 1. The van der Waals surface area contributed by atoms with Gasteiger partial charge in [-0.05, 0) is 18.2 Å². The summed E-state index contributed by atoms with van der Waals surface area (Å²) in [5.74, 6) is -1.01. The number of nitrogens with zero attached hydrogens (tertiary/aromatic N) is 1. The maximum absolute atomic E-state index is 12.7. The highest BCUT2D eigenvalue weighted by atomic mass is 19.1. The molecule has 0 fully saturated rings. The summed E-state index contributed by atoms with van der Waals surface area (Å²) in [6.45, 7) is 0. The molecule has 1 amide bonds. The van der Waals surface area contributed by atoms with Crippen molar-refractivity contribution in [3.63, 3.8) is 0 Å². The van der Waals surface area contributed by atoms with Crippen LogP contribution in [0.4, 0.5) is 4.39 Å². The van der Waals surface area contributed by atoms with Gasteiger partial charge < -0.3 is 5.73 Å². The maximum Gasteiger partial charge on any atom is 0.269 e. The number of carbonyl (C=O) groups excluding carboxylic acids is 1. The largest absolute Gasteiger partial charge is 0.364 e. The second-order valence-corrected chi connectivity index (χ2v) is 2.63. The fourth-order valence-electron chi connectivity index (χ4n) is 1.18. The van der Waals surface area contributed by atoms with Crippen LogP contribution in [0.3, 0.4) is 0 Å². The maximum atomic E-state index is 12.7. The Bertz CT molecular complexity index is 477. The smallest absolute Gasteiger partial charge is 0.269 e. The van der Waals surface area contributed by atoms with Gasteiger partial charge in [0.1, 0.15) is 5.82 Å². The SMILES string of the molecule is NC(=O)c1n[nH]c2cc(F)ccc12. The van der Waals surface area contributed by atoms with Gasteiger partial charge in [-0.3, -0.25) is 9.89 Å². The molecule has 0 aliphatic rings. The zero-order chi connectivity index (χ0) is 9.42. The quantitative estimate of drug-likeness (QED) is 0.679. The third-order valence-corrected chi connectivity index (χ3v) is 1.76. The van der Waals surface area contributed by atoms with Crippen LogP contribution in [0.5, 0.6) is 0 Å². The molecule has 0 unspecified atom stereocenters. The number of hydrogen-bond donors (Lipinski definition) is 2. The van der Waals surface area contributed by atoms with Crippen molar-refractivity contribution in [2.24, 2.45) is 5.73 Å². The van der Waals surface area contributed by atoms with Crippen LogP contribution in [0.1, 0.15) is 10.5 Å². The predicted molar refractivity (Wildman–Crippen MR) is 44.6 cm³/mol. The van der Waals surface area contributed by atoms with Crippen molar-refractivity contribution in [1.29, 1.82) is 0 Å². The molecule has 1 aromatic heterocycles. The highest BCUT2D eigenvalue weighted by molar-refractivity contribution is 6.03. The molecule has 0 radical (unpaired) electrons. The van der Waals surface area contributed by atoms with Crippen LogP contribution in [0.25, 0.3) is 10.9 Å². The first-order chi connectivity index (χ1) is 6.18. The summed E-state index contributed by atoms with van der Waals surface area (Å²) in [7, 11) is 0. The van der Waals surface area contributed by atoms with Crippen LogP contribution in [-0.4, -0.2) is 16.1 Å². The number of amides is 1. The lowest BCUT2D eigenvalue weighted by Crippen LogP contribution is -2.11. The van der Waals surface area contributed by atoms with Crippen LogP contribution in [-0.2, 0) is 0 Å². The summed E-state index contributed by atoms with van der Waals surface area (Å²) in [5, 5.41) is 6.73. The van der Waals surface area contributed by atoms with Gasteiger partial charge in [0.25, 0.3) is 5.91 Å². The van der Waals surface area contributed by atoms with Gasteiger partial charge in [0.05, 0.1) is 5.52 Å². The number of carbonyl (C=O) groups is 1. The summed E-state index contributed by atoms with van der Waals surface area (Å²) in [6.07, 6.45) is 0. The van der Waals surface area contributed by atoms with Crippen molar-refractivity contribution in [2.45, 2.75) is 0 Å². The van der Waals surface area contributed by atoms with Crippen molar-refractivity contribution in [3.8, 4) is 0 Å². The molecule has 0 saturated carbocycles. The molecule has 0 saturated heterocycles. The van der Waals surface area contributed by atoms with E-state index in [0.29, 0.717) is 10.9 Å². The Morgan fingerprint density at radius 1 is 1.54 bits per heavy atom. The van der Waals surface area contributed by atoms with Crippen molar-refractivity contribution < 1.29 is 9.18 Å². The lowest BCUT2D eigenvalue weighted by atomic mass is 10.2. The second kappa shape index (κ2) is 2.55. The van der Waals surface area contributed by atoms with Crippen molar-refractivity contribution in [2.75, 3.05) is 0 Å². The second-order valence-electron chi connectivity index (χ2n) is 2.63. The Balaban J connectivity index is 2.76. The molecule has 0 bridgehead atoms. The van der Waals surface area contributed by atoms with E-state index in [-0.39, 0.29) is 11.5 Å². The summed E-state index contributed by atoms with van der Waals surface area (Å²) >= 11 is 0. The topological polar surface area (TPSA) is 71.8 Å². The lowest BCUT2D eigenvalue weighted by molar-refractivity contribution is 0.0997. The average molecular weight is 179 g/mol. The molecule has 3 N–H and O–H groups in total. The number of hydrogen-bond acceptors (Lipinski definition) is 2. The standard InChI is InChI=1S/C8H6FN3O/c9-4-1-2-5-6(3-4)11-12-7(5)8(10)13/h1-3H,(H2,10,13)(H,11,12). The van der Waals surface area contributed by atoms with Gasteiger partial charge in [0, 0.05) is 5.39 Å². The van der Waals surface area contributed by atoms with Gasteiger partial charge in [-0.2, -0.15) is 5.10 Å². The number of aromatic amines is 1. The number of aromatic nitrogens is 2. The zero-order valence-electron chi connectivity index (χ0n) is 6.54. The van der Waals surface area contributed by atoms with Gasteiger partial charge in [-0.1, -0.05) is 0 Å². The molecule has 0 atom stereocenters. The molecule has 4 nitrogen and oxygen atoms in total. The summed E-state index contributed by atoms with van der Waals surface area (Å²) in [4.78, 5) is 10.8. The van der Waals surface area contributed by atoms with Gasteiger partial charge in [-0.15, -0.1) is 0 Å². The molecule has 5 heteroatoms.